The van der Waals surface area contributed by atoms with Crippen LogP contribution in [0.15, 0.2) is 48.6 Å². The Labute approximate surface area is 427 Å². The van der Waals surface area contributed by atoms with E-state index in [0.29, 0.717) is 30.3 Å². The number of likely N-dealkylation sites (N-methyl/N-ethyl adjacent to an activating group) is 1. The molecule has 0 aliphatic rings. The maximum Gasteiger partial charge on any atom is 0.268 e. The minimum absolute atomic E-state index is 0.0459. The van der Waals surface area contributed by atoms with Gasteiger partial charge in [-0.3, -0.25) is 9.36 Å². The number of aliphatic hydroxyl groups excluding tert-OH is 2. The molecule has 0 saturated carbocycles. The molecule has 69 heavy (non-hydrogen) atoms. The zero-order chi connectivity index (χ0) is 50.8. The molecule has 10 heteroatoms. The highest BCUT2D eigenvalue weighted by Gasteiger charge is 2.29. The van der Waals surface area contributed by atoms with Gasteiger partial charge in [0.1, 0.15) is 19.3 Å². The molecule has 4 atom stereocenters. The summed E-state index contributed by atoms with van der Waals surface area (Å²) in [5, 5.41) is 24.7. The first-order chi connectivity index (χ1) is 33.4. The number of carbonyl (C=O) groups excluding carboxylic acids is 1. The summed E-state index contributed by atoms with van der Waals surface area (Å²) in [6, 6.07) is -1.09. The van der Waals surface area contributed by atoms with Gasteiger partial charge in [0.2, 0.25) is 5.91 Å². The van der Waals surface area contributed by atoms with Crippen molar-refractivity contribution in [3.63, 3.8) is 0 Å². The molecule has 0 aromatic rings. The Hall–Kier alpha value is -1.58. The third kappa shape index (κ3) is 51.1. The van der Waals surface area contributed by atoms with Crippen molar-refractivity contribution in [3.8, 4) is 0 Å². The van der Waals surface area contributed by atoms with Gasteiger partial charge < -0.3 is 34.0 Å². The quantitative estimate of drug-likeness (QED) is 0.0240. The number of nitrogens with one attached hydrogen (secondary N) is 1. The lowest BCUT2D eigenvalue weighted by atomic mass is 10.0. The summed E-state index contributed by atoms with van der Waals surface area (Å²) in [6.45, 7) is 4.41. The van der Waals surface area contributed by atoms with E-state index in [-0.39, 0.29) is 18.9 Å². The molecule has 1 amide bonds. The van der Waals surface area contributed by atoms with Crippen LogP contribution in [0.25, 0.3) is 0 Å². The summed E-state index contributed by atoms with van der Waals surface area (Å²) >= 11 is 0. The number of amides is 1. The Bertz CT molecular complexity index is 1280. The number of quaternary nitrogens is 1. The van der Waals surface area contributed by atoms with Crippen molar-refractivity contribution in [2.45, 2.75) is 283 Å². The Morgan fingerprint density at radius 3 is 1.28 bits per heavy atom. The molecule has 3 N–H and O–H groups in total. The van der Waals surface area contributed by atoms with E-state index >= 15 is 0 Å². The van der Waals surface area contributed by atoms with Crippen LogP contribution in [-0.4, -0.2) is 79.8 Å². The molecule has 0 radical (unpaired) electrons. The number of hydrogen-bond acceptors (Lipinski definition) is 7. The third-order valence-electron chi connectivity index (χ3n) is 13.1. The van der Waals surface area contributed by atoms with Gasteiger partial charge in [0.15, 0.2) is 0 Å². The van der Waals surface area contributed by atoms with E-state index in [9.17, 15) is 24.5 Å². The van der Waals surface area contributed by atoms with Crippen LogP contribution in [0.4, 0.5) is 0 Å². The topological polar surface area (TPSA) is 128 Å². The maximum absolute atomic E-state index is 13.0. The van der Waals surface area contributed by atoms with E-state index in [4.69, 9.17) is 9.05 Å². The van der Waals surface area contributed by atoms with Gasteiger partial charge in [-0.25, -0.2) is 0 Å². The molecule has 0 fully saturated rings. The fourth-order valence-corrected chi connectivity index (χ4v) is 9.22. The van der Waals surface area contributed by atoms with Gasteiger partial charge in [0.25, 0.3) is 7.82 Å². The van der Waals surface area contributed by atoms with Crippen LogP contribution in [0.1, 0.15) is 264 Å². The highest BCUT2D eigenvalue weighted by Crippen LogP contribution is 2.38. The summed E-state index contributed by atoms with van der Waals surface area (Å²) in [7, 11) is 1.11. The van der Waals surface area contributed by atoms with E-state index in [1.807, 2.05) is 21.1 Å². The number of carbonyl (C=O) groups is 1. The first-order valence-corrected chi connectivity index (χ1v) is 30.5. The molecule has 0 aliphatic heterocycles. The molecular weight excluding hydrogens is 880 g/mol. The van der Waals surface area contributed by atoms with Gasteiger partial charge in [0.05, 0.1) is 39.9 Å². The summed E-state index contributed by atoms with van der Waals surface area (Å²) in [5.74, 6) is -0.287. The van der Waals surface area contributed by atoms with Crippen molar-refractivity contribution in [2.24, 2.45) is 0 Å². The molecule has 0 aromatic carbocycles. The van der Waals surface area contributed by atoms with Crippen molar-refractivity contribution >= 4 is 13.7 Å². The molecule has 9 nitrogen and oxygen atoms in total. The van der Waals surface area contributed by atoms with E-state index < -0.39 is 32.7 Å². The Balaban J connectivity index is 4.09. The van der Waals surface area contributed by atoms with E-state index in [2.05, 4.69) is 67.8 Å². The van der Waals surface area contributed by atoms with Gasteiger partial charge in [-0.15, -0.1) is 0 Å². The molecule has 0 heterocycles. The number of phosphoric ester groups is 1. The number of aliphatic hydroxyl groups is 2. The largest absolute Gasteiger partial charge is 0.756 e. The van der Waals surface area contributed by atoms with Gasteiger partial charge in [-0.2, -0.15) is 0 Å². The first kappa shape index (κ1) is 67.4. The highest BCUT2D eigenvalue weighted by molar-refractivity contribution is 7.45. The minimum atomic E-state index is -4.68. The number of unbranched alkanes of at least 4 members (excludes halogenated alkanes) is 31. The molecule has 406 valence electrons. The van der Waals surface area contributed by atoms with E-state index in [0.717, 1.165) is 44.9 Å². The van der Waals surface area contributed by atoms with Crippen LogP contribution < -0.4 is 10.2 Å². The first-order valence-electron chi connectivity index (χ1n) is 29.1. The van der Waals surface area contributed by atoms with Crippen molar-refractivity contribution in [1.29, 1.82) is 0 Å². The average Bonchev–Trinajstić information content (AvgIpc) is 3.31. The van der Waals surface area contributed by atoms with E-state index in [1.54, 1.807) is 0 Å². The molecular formula is C59H113N2O7P. The zero-order valence-electron chi connectivity index (χ0n) is 45.9. The molecule has 0 saturated heterocycles. The maximum atomic E-state index is 13.0. The average molecular weight is 994 g/mol. The summed E-state index contributed by atoms with van der Waals surface area (Å²) in [6.07, 6.45) is 61.9. The molecule has 4 unspecified atom stereocenters. The fourth-order valence-electron chi connectivity index (χ4n) is 8.50. The second kappa shape index (κ2) is 50.0. The lowest BCUT2D eigenvalue weighted by molar-refractivity contribution is -0.870. The SMILES string of the molecule is CCCCCCC/C=C\C/C=C\C/C=C\CCCCCCCCCCCCCCCCCCCCC(=O)NC(COP(=O)([O-])OCC[N+](C)(C)C)C(O)C(O)CCC/C=C/CCCCCCCCC. The normalized spacial score (nSPS) is 14.7. The van der Waals surface area contributed by atoms with Crippen LogP contribution in [0.2, 0.25) is 0 Å². The molecule has 0 aliphatic carbocycles. The molecule has 0 spiro atoms. The Morgan fingerprint density at radius 1 is 0.522 bits per heavy atom. The van der Waals surface area contributed by atoms with Crippen LogP contribution >= 0.6 is 7.82 Å². The summed E-state index contributed by atoms with van der Waals surface area (Å²) in [4.78, 5) is 25.5. The predicted molar refractivity (Wildman–Crippen MR) is 294 cm³/mol. The molecule has 0 rings (SSSR count). The van der Waals surface area contributed by atoms with Crippen molar-refractivity contribution in [2.75, 3.05) is 40.9 Å². The number of phosphoric acid groups is 1. The fraction of sp³-hybridized carbons (Fsp3) is 0.847. The van der Waals surface area contributed by atoms with Crippen LogP contribution in [0.3, 0.4) is 0 Å². The monoisotopic (exact) mass is 993 g/mol. The third-order valence-corrected chi connectivity index (χ3v) is 14.1. The standard InChI is InChI=1S/C59H113N2O7P/c1-6-8-10-12-14-16-18-20-21-22-23-24-25-26-27-28-29-30-31-32-33-34-35-36-37-38-39-40-42-44-46-48-50-52-58(63)60-56(55-68-69(65,66)67-54-53-61(3,4)5)59(64)57(62)51-49-47-45-43-41-19-17-15-13-11-9-7-2/h18,20,22-23,25-26,43,45,56-57,59,62,64H,6-17,19,21,24,27-42,44,46-55H2,1-5H3,(H-,60,63,65,66)/b20-18-,23-22-,26-25-,45-43+. The number of nitrogens with zero attached hydrogens (tertiary/aromatic N) is 1. The Morgan fingerprint density at radius 2 is 0.870 bits per heavy atom. The van der Waals surface area contributed by atoms with Gasteiger partial charge in [-0.05, 0) is 77.0 Å². The van der Waals surface area contributed by atoms with Gasteiger partial charge in [0, 0.05) is 6.42 Å². The predicted octanol–water partition coefficient (Wildman–Crippen LogP) is 15.9. The lowest BCUT2D eigenvalue weighted by Crippen LogP contribution is -2.51. The molecule has 0 aromatic heterocycles. The summed E-state index contributed by atoms with van der Waals surface area (Å²) in [5.41, 5.74) is 0. The van der Waals surface area contributed by atoms with Crippen LogP contribution in [0.5, 0.6) is 0 Å². The Kier molecular flexibility index (Phi) is 48.8. The smallest absolute Gasteiger partial charge is 0.268 e. The van der Waals surface area contributed by atoms with Gasteiger partial charge >= 0.3 is 0 Å². The number of allylic oxidation sites excluding steroid dienone is 8. The van der Waals surface area contributed by atoms with Crippen molar-refractivity contribution in [1.82, 2.24) is 5.32 Å². The van der Waals surface area contributed by atoms with Crippen LogP contribution in [0, 0.1) is 0 Å². The number of hydrogen-bond donors (Lipinski definition) is 3. The molecule has 0 bridgehead atoms. The van der Waals surface area contributed by atoms with Gasteiger partial charge in [-0.1, -0.05) is 229 Å². The van der Waals surface area contributed by atoms with Crippen molar-refractivity contribution < 1.29 is 38.0 Å². The van der Waals surface area contributed by atoms with E-state index in [1.165, 1.54) is 180 Å². The van der Waals surface area contributed by atoms with Crippen molar-refractivity contribution in [3.05, 3.63) is 48.6 Å². The zero-order valence-corrected chi connectivity index (χ0v) is 46.8. The lowest BCUT2D eigenvalue weighted by Gasteiger charge is -2.31. The van der Waals surface area contributed by atoms with Crippen LogP contribution in [-0.2, 0) is 18.4 Å². The summed E-state index contributed by atoms with van der Waals surface area (Å²) < 4.78 is 23.2. The second-order valence-corrected chi connectivity index (χ2v) is 22.5. The minimum Gasteiger partial charge on any atom is -0.756 e. The number of rotatable bonds is 53. The highest BCUT2D eigenvalue weighted by atomic mass is 31.2. The second-order valence-electron chi connectivity index (χ2n) is 21.1.